The Bertz CT molecular complexity index is 1630. The molecule has 0 aromatic heterocycles. The van der Waals surface area contributed by atoms with Crippen molar-refractivity contribution < 1.29 is 9.59 Å². The van der Waals surface area contributed by atoms with E-state index in [-0.39, 0.29) is 11.7 Å². The number of benzene rings is 4. The van der Waals surface area contributed by atoms with Crippen molar-refractivity contribution in [3.05, 3.63) is 136 Å². The molecule has 0 aliphatic heterocycles. The maximum absolute atomic E-state index is 13.1. The molecule has 3 nitrogen and oxygen atoms in total. The number of rotatable bonds is 7. The van der Waals surface area contributed by atoms with Crippen LogP contribution in [0.2, 0.25) is 0 Å². The van der Waals surface area contributed by atoms with Crippen molar-refractivity contribution >= 4 is 17.3 Å². The van der Waals surface area contributed by atoms with Crippen molar-refractivity contribution in [2.45, 2.75) is 59.9 Å². The lowest BCUT2D eigenvalue weighted by Gasteiger charge is -2.24. The summed E-state index contributed by atoms with van der Waals surface area (Å²) in [5.41, 5.74) is 12.3. The molecule has 1 N–H and O–H groups in total. The van der Waals surface area contributed by atoms with E-state index in [0.717, 1.165) is 35.1 Å². The fourth-order valence-electron chi connectivity index (χ4n) is 6.15. The normalized spacial score (nSPS) is 16.6. The van der Waals surface area contributed by atoms with E-state index in [2.05, 4.69) is 81.5 Å². The smallest absolute Gasteiger partial charge is 0.251 e. The number of hydrogen-bond acceptors (Lipinski definition) is 2. The third-order valence-corrected chi connectivity index (χ3v) is 8.73. The van der Waals surface area contributed by atoms with Gasteiger partial charge in [0.1, 0.15) is 0 Å². The second kappa shape index (κ2) is 12.1. The Balaban J connectivity index is 1.34. The summed E-state index contributed by atoms with van der Waals surface area (Å²) in [6.45, 7) is 11.0. The van der Waals surface area contributed by atoms with Gasteiger partial charge in [0.25, 0.3) is 5.91 Å². The lowest BCUT2D eigenvalue weighted by molar-refractivity contribution is 0.0950. The summed E-state index contributed by atoms with van der Waals surface area (Å²) in [6.07, 6.45) is 1.99. The zero-order valence-corrected chi connectivity index (χ0v) is 24.8. The molecule has 4 aromatic carbocycles. The van der Waals surface area contributed by atoms with Gasteiger partial charge in [-0.25, -0.2) is 0 Å². The van der Waals surface area contributed by atoms with Gasteiger partial charge in [-0.3, -0.25) is 9.59 Å². The van der Waals surface area contributed by atoms with Gasteiger partial charge in [0.15, 0.2) is 5.78 Å². The van der Waals surface area contributed by atoms with Crippen molar-refractivity contribution in [1.29, 1.82) is 0 Å². The summed E-state index contributed by atoms with van der Waals surface area (Å²) in [4.78, 5) is 25.2. The van der Waals surface area contributed by atoms with Crippen LogP contribution in [0.15, 0.2) is 96.6 Å². The first-order valence-electron chi connectivity index (χ1n) is 14.5. The van der Waals surface area contributed by atoms with E-state index in [1.54, 1.807) is 6.92 Å². The molecule has 4 aromatic rings. The first-order chi connectivity index (χ1) is 19.7. The molecule has 2 unspecified atom stereocenters. The largest absolute Gasteiger partial charge is 0.348 e. The molecule has 1 amide bonds. The molecule has 41 heavy (non-hydrogen) atoms. The van der Waals surface area contributed by atoms with Crippen LogP contribution in [-0.2, 0) is 13.0 Å². The Morgan fingerprint density at radius 3 is 2.29 bits per heavy atom. The SMILES string of the molecule is CC(=O)c1ccccc1-c1ccc(CC2CC(C)=C(C)c3cc(C(=O)NCc4cccc(C)c4)ccc3C2C)cc1. The van der Waals surface area contributed by atoms with Gasteiger partial charge < -0.3 is 5.32 Å². The number of ketones is 1. The number of carbonyl (C=O) groups is 2. The number of nitrogens with one attached hydrogen (secondary N) is 1. The average Bonchev–Trinajstić information content (AvgIpc) is 3.06. The summed E-state index contributed by atoms with van der Waals surface area (Å²) in [5.74, 6) is 0.835. The van der Waals surface area contributed by atoms with Gasteiger partial charge in [-0.2, -0.15) is 0 Å². The highest BCUT2D eigenvalue weighted by molar-refractivity contribution is 6.00. The van der Waals surface area contributed by atoms with Crippen LogP contribution in [-0.4, -0.2) is 11.7 Å². The van der Waals surface area contributed by atoms with E-state index in [1.807, 2.05) is 42.5 Å². The minimum Gasteiger partial charge on any atom is -0.348 e. The Kier molecular flexibility index (Phi) is 8.35. The van der Waals surface area contributed by atoms with Gasteiger partial charge in [-0.1, -0.05) is 96.9 Å². The van der Waals surface area contributed by atoms with E-state index in [9.17, 15) is 9.59 Å². The minimum absolute atomic E-state index is 0.0420. The highest BCUT2D eigenvalue weighted by Crippen LogP contribution is 2.41. The molecule has 0 saturated heterocycles. The van der Waals surface area contributed by atoms with E-state index in [0.29, 0.717) is 23.9 Å². The van der Waals surface area contributed by atoms with Crippen molar-refractivity contribution in [2.75, 3.05) is 0 Å². The monoisotopic (exact) mass is 541 g/mol. The molecule has 0 radical (unpaired) electrons. The predicted octanol–water partition coefficient (Wildman–Crippen LogP) is 8.95. The van der Waals surface area contributed by atoms with Crippen LogP contribution >= 0.6 is 0 Å². The zero-order chi connectivity index (χ0) is 29.1. The molecule has 208 valence electrons. The van der Waals surface area contributed by atoms with Crippen molar-refractivity contribution in [3.63, 3.8) is 0 Å². The standard InChI is InChI=1S/C38H39NO2/c1-24-9-8-10-30(19-24)23-39-38(41)32-17-18-34-27(4)33(20-25(2)26(3)37(34)22-32)21-29-13-15-31(16-14-29)36-12-7-6-11-35(36)28(5)40/h6-19,22,27,33H,20-21,23H2,1-5H3,(H,39,41). The van der Waals surface area contributed by atoms with Gasteiger partial charge in [-0.15, -0.1) is 0 Å². The van der Waals surface area contributed by atoms with Crippen molar-refractivity contribution in [3.8, 4) is 11.1 Å². The molecule has 5 rings (SSSR count). The predicted molar refractivity (Wildman–Crippen MR) is 169 cm³/mol. The highest BCUT2D eigenvalue weighted by Gasteiger charge is 2.27. The number of fused-ring (bicyclic) bond motifs is 1. The average molecular weight is 542 g/mol. The Morgan fingerprint density at radius 2 is 1.56 bits per heavy atom. The zero-order valence-electron chi connectivity index (χ0n) is 24.8. The summed E-state index contributed by atoms with van der Waals surface area (Å²) in [5, 5.41) is 3.10. The van der Waals surface area contributed by atoms with Crippen LogP contribution in [0.1, 0.15) is 88.6 Å². The summed E-state index contributed by atoms with van der Waals surface area (Å²) < 4.78 is 0. The molecule has 2 atom stereocenters. The van der Waals surface area contributed by atoms with Crippen LogP contribution < -0.4 is 5.32 Å². The van der Waals surface area contributed by atoms with Crippen LogP contribution in [0.4, 0.5) is 0 Å². The van der Waals surface area contributed by atoms with E-state index in [1.165, 1.54) is 33.4 Å². The van der Waals surface area contributed by atoms with Crippen LogP contribution in [0.25, 0.3) is 16.7 Å². The molecule has 0 bridgehead atoms. The Labute approximate surface area is 244 Å². The number of allylic oxidation sites excluding steroid dienone is 2. The molecule has 0 spiro atoms. The quantitative estimate of drug-likeness (QED) is 0.237. The van der Waals surface area contributed by atoms with Crippen LogP contribution in [0.5, 0.6) is 0 Å². The van der Waals surface area contributed by atoms with E-state index >= 15 is 0 Å². The third kappa shape index (κ3) is 6.25. The maximum Gasteiger partial charge on any atom is 0.251 e. The molecule has 0 saturated carbocycles. The first-order valence-corrected chi connectivity index (χ1v) is 14.5. The number of hydrogen-bond donors (Lipinski definition) is 1. The second-order valence-electron chi connectivity index (χ2n) is 11.6. The molecule has 0 heterocycles. The third-order valence-electron chi connectivity index (χ3n) is 8.73. The molecular weight excluding hydrogens is 502 g/mol. The summed E-state index contributed by atoms with van der Waals surface area (Å²) in [7, 11) is 0. The van der Waals surface area contributed by atoms with Crippen LogP contribution in [0, 0.1) is 12.8 Å². The fraction of sp³-hybridized carbons (Fsp3) is 0.263. The first kappa shape index (κ1) is 28.3. The number of Topliss-reactive ketones (excluding diaryl/α,β-unsaturated/α-hetero) is 1. The maximum atomic E-state index is 13.1. The lowest BCUT2D eigenvalue weighted by atomic mass is 9.80. The minimum atomic E-state index is -0.0420. The van der Waals surface area contributed by atoms with E-state index < -0.39 is 0 Å². The Hall–Kier alpha value is -4.24. The van der Waals surface area contributed by atoms with Gasteiger partial charge in [0.2, 0.25) is 0 Å². The van der Waals surface area contributed by atoms with Crippen molar-refractivity contribution in [2.24, 2.45) is 5.92 Å². The molecule has 0 fully saturated rings. The van der Waals surface area contributed by atoms with Gasteiger partial charge in [0.05, 0.1) is 0 Å². The lowest BCUT2D eigenvalue weighted by Crippen LogP contribution is -2.23. The van der Waals surface area contributed by atoms with E-state index in [4.69, 9.17) is 0 Å². The topological polar surface area (TPSA) is 46.2 Å². The molecule has 1 aliphatic rings. The fourth-order valence-corrected chi connectivity index (χ4v) is 6.15. The summed E-state index contributed by atoms with van der Waals surface area (Å²) in [6, 6.07) is 31.0. The Morgan fingerprint density at radius 1 is 0.805 bits per heavy atom. The second-order valence-corrected chi connectivity index (χ2v) is 11.6. The van der Waals surface area contributed by atoms with Gasteiger partial charge >= 0.3 is 0 Å². The number of aryl methyl sites for hydroxylation is 1. The summed E-state index contributed by atoms with van der Waals surface area (Å²) >= 11 is 0. The van der Waals surface area contributed by atoms with Gasteiger partial charge in [0, 0.05) is 17.7 Å². The number of carbonyl (C=O) groups excluding carboxylic acids is 2. The number of amides is 1. The highest BCUT2D eigenvalue weighted by atomic mass is 16.1. The molecular formula is C38H39NO2. The molecule has 3 heteroatoms. The molecule has 1 aliphatic carbocycles. The van der Waals surface area contributed by atoms with Crippen LogP contribution in [0.3, 0.4) is 0 Å². The van der Waals surface area contributed by atoms with Gasteiger partial charge in [-0.05, 0) is 103 Å². The van der Waals surface area contributed by atoms with Crippen molar-refractivity contribution in [1.82, 2.24) is 5.32 Å².